The van der Waals surface area contributed by atoms with Crippen LogP contribution in [0.15, 0.2) is 39.8 Å². The summed E-state index contributed by atoms with van der Waals surface area (Å²) in [7, 11) is 0. The second kappa shape index (κ2) is 6.63. The van der Waals surface area contributed by atoms with Gasteiger partial charge in [-0.2, -0.15) is 0 Å². The summed E-state index contributed by atoms with van der Waals surface area (Å²) in [6.45, 7) is 2.06. The first kappa shape index (κ1) is 14.0. The van der Waals surface area contributed by atoms with E-state index in [4.69, 9.17) is 20.9 Å². The summed E-state index contributed by atoms with van der Waals surface area (Å²) in [5.41, 5.74) is 0.198. The minimum absolute atomic E-state index is 0.198. The molecule has 6 heteroatoms. The molecule has 0 spiro atoms. The molecular weight excluding hydrogens is 286 g/mol. The lowest BCUT2D eigenvalue weighted by Gasteiger charge is -1.98. The molecule has 0 aliphatic rings. The van der Waals surface area contributed by atoms with Crippen LogP contribution in [-0.2, 0) is 10.5 Å². The monoisotopic (exact) mass is 297 g/mol. The highest BCUT2D eigenvalue weighted by Crippen LogP contribution is 2.25. The van der Waals surface area contributed by atoms with Gasteiger partial charge >= 0.3 is 5.97 Å². The zero-order valence-corrected chi connectivity index (χ0v) is 11.8. The molecule has 19 heavy (non-hydrogen) atoms. The van der Waals surface area contributed by atoms with Crippen molar-refractivity contribution in [1.29, 1.82) is 0 Å². The van der Waals surface area contributed by atoms with Crippen LogP contribution in [0.2, 0.25) is 5.02 Å². The van der Waals surface area contributed by atoms with E-state index in [0.717, 1.165) is 4.90 Å². The van der Waals surface area contributed by atoms with Gasteiger partial charge in [0.15, 0.2) is 5.69 Å². The number of aromatic nitrogens is 1. The third-order valence-electron chi connectivity index (χ3n) is 2.22. The Morgan fingerprint density at radius 3 is 3.05 bits per heavy atom. The van der Waals surface area contributed by atoms with Gasteiger partial charge in [-0.15, -0.1) is 11.8 Å². The number of ether oxygens (including phenoxy) is 1. The Morgan fingerprint density at radius 2 is 2.32 bits per heavy atom. The van der Waals surface area contributed by atoms with Crippen LogP contribution >= 0.6 is 23.4 Å². The minimum Gasteiger partial charge on any atom is -0.461 e. The van der Waals surface area contributed by atoms with Gasteiger partial charge in [-0.3, -0.25) is 0 Å². The van der Waals surface area contributed by atoms with E-state index in [0.29, 0.717) is 23.1 Å². The molecule has 0 aliphatic heterocycles. The molecule has 0 N–H and O–H groups in total. The summed E-state index contributed by atoms with van der Waals surface area (Å²) in [4.78, 5) is 12.4. The normalized spacial score (nSPS) is 10.4. The molecule has 0 saturated carbocycles. The standard InChI is InChI=1S/C13H12ClNO3S/c1-2-17-13(16)12-7-10(18-15-12)8-19-11-5-3-4-9(14)6-11/h3-7H,2,8H2,1H3. The lowest BCUT2D eigenvalue weighted by molar-refractivity contribution is 0.0514. The molecule has 0 saturated heterocycles. The second-order valence-electron chi connectivity index (χ2n) is 3.64. The quantitative estimate of drug-likeness (QED) is 0.620. The van der Waals surface area contributed by atoms with Gasteiger partial charge in [0.25, 0.3) is 0 Å². The molecule has 2 rings (SSSR count). The van der Waals surface area contributed by atoms with Crippen molar-refractivity contribution in [3.8, 4) is 0 Å². The average Bonchev–Trinajstić information content (AvgIpc) is 2.86. The van der Waals surface area contributed by atoms with E-state index in [1.165, 1.54) is 0 Å². The number of hydrogen-bond acceptors (Lipinski definition) is 5. The topological polar surface area (TPSA) is 52.3 Å². The van der Waals surface area contributed by atoms with Gasteiger partial charge in [0.1, 0.15) is 5.76 Å². The lowest BCUT2D eigenvalue weighted by Crippen LogP contribution is -2.04. The maximum absolute atomic E-state index is 11.4. The average molecular weight is 298 g/mol. The highest BCUT2D eigenvalue weighted by atomic mass is 35.5. The molecule has 1 aromatic heterocycles. The van der Waals surface area contributed by atoms with E-state index in [-0.39, 0.29) is 5.69 Å². The van der Waals surface area contributed by atoms with Crippen LogP contribution in [0.25, 0.3) is 0 Å². The van der Waals surface area contributed by atoms with Crippen molar-refractivity contribution < 1.29 is 14.1 Å². The largest absolute Gasteiger partial charge is 0.461 e. The predicted molar refractivity (Wildman–Crippen MR) is 73.5 cm³/mol. The fourth-order valence-corrected chi connectivity index (χ4v) is 2.48. The number of hydrogen-bond donors (Lipinski definition) is 0. The van der Waals surface area contributed by atoms with E-state index in [1.807, 2.05) is 24.3 Å². The van der Waals surface area contributed by atoms with Crippen molar-refractivity contribution in [2.75, 3.05) is 6.61 Å². The summed E-state index contributed by atoms with van der Waals surface area (Å²) in [6.07, 6.45) is 0. The van der Waals surface area contributed by atoms with Crippen molar-refractivity contribution in [2.24, 2.45) is 0 Å². The fraction of sp³-hybridized carbons (Fsp3) is 0.231. The number of halogens is 1. The molecule has 0 aliphatic carbocycles. The van der Waals surface area contributed by atoms with Crippen LogP contribution in [0.1, 0.15) is 23.2 Å². The SMILES string of the molecule is CCOC(=O)c1cc(CSc2cccc(Cl)c2)on1. The first-order valence-electron chi connectivity index (χ1n) is 5.70. The molecule has 100 valence electrons. The van der Waals surface area contributed by atoms with Gasteiger partial charge in [-0.05, 0) is 25.1 Å². The van der Waals surface area contributed by atoms with Crippen molar-refractivity contribution in [3.63, 3.8) is 0 Å². The van der Waals surface area contributed by atoms with Crippen molar-refractivity contribution in [3.05, 3.63) is 46.8 Å². The Hall–Kier alpha value is -1.46. The number of nitrogens with zero attached hydrogens (tertiary/aromatic N) is 1. The zero-order valence-electron chi connectivity index (χ0n) is 10.3. The molecule has 0 bridgehead atoms. The third kappa shape index (κ3) is 4.01. The number of carbonyl (C=O) groups is 1. The van der Waals surface area contributed by atoms with Gasteiger partial charge in [-0.25, -0.2) is 4.79 Å². The number of carbonyl (C=O) groups excluding carboxylic acids is 1. The van der Waals surface area contributed by atoms with Gasteiger partial charge in [0, 0.05) is 16.0 Å². The van der Waals surface area contributed by atoms with Gasteiger partial charge in [0.2, 0.25) is 0 Å². The molecule has 0 amide bonds. The summed E-state index contributed by atoms with van der Waals surface area (Å²) < 4.78 is 9.91. The van der Waals surface area contributed by atoms with Gasteiger partial charge in [0.05, 0.1) is 12.4 Å². The highest BCUT2D eigenvalue weighted by molar-refractivity contribution is 7.98. The molecule has 4 nitrogen and oxygen atoms in total. The molecule has 2 aromatic rings. The number of thioether (sulfide) groups is 1. The Labute approximate surface area is 120 Å². The van der Waals surface area contributed by atoms with Crippen LogP contribution in [-0.4, -0.2) is 17.7 Å². The fourth-order valence-electron chi connectivity index (χ4n) is 1.39. The van der Waals surface area contributed by atoms with E-state index >= 15 is 0 Å². The maximum Gasteiger partial charge on any atom is 0.360 e. The first-order valence-corrected chi connectivity index (χ1v) is 7.06. The summed E-state index contributed by atoms with van der Waals surface area (Å²) in [6, 6.07) is 9.12. The number of esters is 1. The Balaban J connectivity index is 1.95. The smallest absolute Gasteiger partial charge is 0.360 e. The van der Waals surface area contributed by atoms with E-state index < -0.39 is 5.97 Å². The zero-order chi connectivity index (χ0) is 13.7. The van der Waals surface area contributed by atoms with Gasteiger partial charge < -0.3 is 9.26 Å². The van der Waals surface area contributed by atoms with Crippen LogP contribution in [0.5, 0.6) is 0 Å². The van der Waals surface area contributed by atoms with E-state index in [1.54, 1.807) is 24.8 Å². The first-order chi connectivity index (χ1) is 9.19. The Kier molecular flexibility index (Phi) is 4.87. The summed E-state index contributed by atoms with van der Waals surface area (Å²) in [5, 5.41) is 4.37. The Bertz CT molecular complexity index is 571. The number of benzene rings is 1. The van der Waals surface area contributed by atoms with Crippen molar-refractivity contribution >= 4 is 29.3 Å². The van der Waals surface area contributed by atoms with Crippen LogP contribution in [0, 0.1) is 0 Å². The predicted octanol–water partition coefficient (Wildman–Crippen LogP) is 3.80. The summed E-state index contributed by atoms with van der Waals surface area (Å²) in [5.74, 6) is 0.727. The van der Waals surface area contributed by atoms with Gasteiger partial charge in [-0.1, -0.05) is 22.8 Å². The van der Waals surface area contributed by atoms with Crippen molar-refractivity contribution in [1.82, 2.24) is 5.16 Å². The highest BCUT2D eigenvalue weighted by Gasteiger charge is 2.13. The van der Waals surface area contributed by atoms with Crippen LogP contribution in [0.3, 0.4) is 0 Å². The van der Waals surface area contributed by atoms with Crippen molar-refractivity contribution in [2.45, 2.75) is 17.6 Å². The molecule has 0 radical (unpaired) electrons. The Morgan fingerprint density at radius 1 is 1.47 bits per heavy atom. The third-order valence-corrected chi connectivity index (χ3v) is 3.47. The molecular formula is C13H12ClNO3S. The van der Waals surface area contributed by atoms with E-state index in [9.17, 15) is 4.79 Å². The molecule has 0 atom stereocenters. The van der Waals surface area contributed by atoms with Crippen LogP contribution < -0.4 is 0 Å². The molecule has 1 aromatic carbocycles. The summed E-state index contributed by atoms with van der Waals surface area (Å²) >= 11 is 7.45. The van der Waals surface area contributed by atoms with E-state index in [2.05, 4.69) is 5.16 Å². The van der Waals surface area contributed by atoms with Crippen LogP contribution in [0.4, 0.5) is 0 Å². The maximum atomic E-state index is 11.4. The second-order valence-corrected chi connectivity index (χ2v) is 5.13. The number of rotatable bonds is 5. The minimum atomic E-state index is -0.467. The molecule has 1 heterocycles. The molecule has 0 unspecified atom stereocenters. The molecule has 0 fully saturated rings. The lowest BCUT2D eigenvalue weighted by atomic mass is 10.4.